The van der Waals surface area contributed by atoms with Gasteiger partial charge in [-0.1, -0.05) is 25.4 Å². The molecule has 0 aliphatic rings. The van der Waals surface area contributed by atoms with Crippen LogP contribution in [0.2, 0.25) is 5.02 Å². The average Bonchev–Trinajstić information content (AvgIpc) is 2.70. The third kappa shape index (κ3) is 2.93. The van der Waals surface area contributed by atoms with Crippen LogP contribution in [0.5, 0.6) is 0 Å². The molecule has 0 spiro atoms. The monoisotopic (exact) mass is 278 g/mol. The van der Waals surface area contributed by atoms with Gasteiger partial charge in [0.25, 0.3) is 5.91 Å². The number of aryl methyl sites for hydroxylation is 1. The van der Waals surface area contributed by atoms with Crippen molar-refractivity contribution in [2.24, 2.45) is 7.05 Å². The smallest absolute Gasteiger partial charge is 0.258 e. The van der Waals surface area contributed by atoms with Crippen LogP contribution in [-0.2, 0) is 7.05 Å². The van der Waals surface area contributed by atoms with Crippen molar-refractivity contribution in [3.05, 3.63) is 40.9 Å². The molecule has 0 bridgehead atoms. The molecular weight excluding hydrogens is 264 g/mol. The van der Waals surface area contributed by atoms with E-state index in [0.29, 0.717) is 16.3 Å². The van der Waals surface area contributed by atoms with Crippen LogP contribution in [0.1, 0.15) is 35.8 Å². The number of anilines is 1. The summed E-state index contributed by atoms with van der Waals surface area (Å²) in [5, 5.41) is 7.53. The normalized spacial score (nSPS) is 10.8. The molecule has 2 aromatic rings. The summed E-state index contributed by atoms with van der Waals surface area (Å²) in [6.45, 7) is 4.05. The maximum atomic E-state index is 12.1. The Labute approximate surface area is 116 Å². The van der Waals surface area contributed by atoms with Gasteiger partial charge < -0.3 is 5.32 Å². The van der Waals surface area contributed by atoms with Crippen molar-refractivity contribution in [1.82, 2.24) is 14.8 Å². The van der Waals surface area contributed by atoms with Crippen LogP contribution in [0.4, 0.5) is 5.69 Å². The summed E-state index contributed by atoms with van der Waals surface area (Å²) in [5.41, 5.74) is 1.89. The number of amides is 1. The number of rotatable bonds is 3. The molecule has 19 heavy (non-hydrogen) atoms. The molecule has 1 N–H and O–H groups in total. The number of hydrogen-bond donors (Lipinski definition) is 1. The highest BCUT2D eigenvalue weighted by atomic mass is 35.5. The van der Waals surface area contributed by atoms with E-state index in [4.69, 9.17) is 11.6 Å². The van der Waals surface area contributed by atoms with E-state index in [1.807, 2.05) is 20.9 Å². The van der Waals surface area contributed by atoms with Crippen LogP contribution in [0.15, 0.2) is 24.7 Å². The fraction of sp³-hybridized carbons (Fsp3) is 0.308. The van der Waals surface area contributed by atoms with Gasteiger partial charge in [-0.05, 0) is 12.0 Å². The van der Waals surface area contributed by atoms with Crippen molar-refractivity contribution in [3.8, 4) is 0 Å². The van der Waals surface area contributed by atoms with Crippen LogP contribution < -0.4 is 5.32 Å². The van der Waals surface area contributed by atoms with Gasteiger partial charge in [-0.2, -0.15) is 5.10 Å². The molecule has 5 nitrogen and oxygen atoms in total. The molecule has 6 heteroatoms. The second kappa shape index (κ2) is 5.40. The molecule has 0 aliphatic heterocycles. The predicted octanol–water partition coefficient (Wildman–Crippen LogP) is 2.84. The third-order valence-corrected chi connectivity index (χ3v) is 2.99. The highest BCUT2D eigenvalue weighted by molar-refractivity contribution is 6.34. The number of carbonyl (C=O) groups is 1. The van der Waals surface area contributed by atoms with Crippen molar-refractivity contribution >= 4 is 23.2 Å². The first-order valence-corrected chi connectivity index (χ1v) is 6.31. The van der Waals surface area contributed by atoms with Gasteiger partial charge in [-0.25, -0.2) is 0 Å². The summed E-state index contributed by atoms with van der Waals surface area (Å²) >= 11 is 5.97. The fourth-order valence-corrected chi connectivity index (χ4v) is 1.95. The van der Waals surface area contributed by atoms with Gasteiger partial charge in [0, 0.05) is 25.6 Å². The third-order valence-electron chi connectivity index (χ3n) is 2.66. The molecule has 0 saturated carbocycles. The minimum absolute atomic E-state index is 0.223. The summed E-state index contributed by atoms with van der Waals surface area (Å²) < 4.78 is 1.68. The Bertz CT molecular complexity index is 606. The molecule has 0 aliphatic carbocycles. The molecule has 0 aromatic carbocycles. The molecular formula is C13H15ClN4O. The number of carbonyl (C=O) groups excluding carboxylic acids is 1. The number of halogens is 1. The Kier molecular flexibility index (Phi) is 3.85. The van der Waals surface area contributed by atoms with Crippen LogP contribution >= 0.6 is 11.6 Å². The predicted molar refractivity (Wildman–Crippen MR) is 74.5 cm³/mol. The minimum atomic E-state index is -0.284. The lowest BCUT2D eigenvalue weighted by Crippen LogP contribution is -2.13. The van der Waals surface area contributed by atoms with Gasteiger partial charge in [0.15, 0.2) is 0 Å². The fourth-order valence-electron chi connectivity index (χ4n) is 1.76. The van der Waals surface area contributed by atoms with Gasteiger partial charge >= 0.3 is 0 Å². The maximum Gasteiger partial charge on any atom is 0.258 e. The average molecular weight is 279 g/mol. The molecule has 100 valence electrons. The van der Waals surface area contributed by atoms with Gasteiger partial charge in [0.1, 0.15) is 0 Å². The molecule has 0 saturated heterocycles. The van der Waals surface area contributed by atoms with E-state index in [0.717, 1.165) is 5.69 Å². The quantitative estimate of drug-likeness (QED) is 0.939. The van der Waals surface area contributed by atoms with E-state index < -0.39 is 0 Å². The second-order valence-electron chi connectivity index (χ2n) is 4.57. The first kappa shape index (κ1) is 13.5. The number of nitrogens with one attached hydrogen (secondary N) is 1. The minimum Gasteiger partial charge on any atom is -0.319 e. The SMILES string of the molecule is CC(C)c1nn(C)cc1NC(=O)c1cnccc1Cl. The Balaban J connectivity index is 2.27. The molecule has 0 fully saturated rings. The van der Waals surface area contributed by atoms with E-state index in [2.05, 4.69) is 15.4 Å². The van der Waals surface area contributed by atoms with E-state index >= 15 is 0 Å². The number of pyridine rings is 1. The van der Waals surface area contributed by atoms with Gasteiger partial charge in [0.05, 0.1) is 22.0 Å². The Morgan fingerprint density at radius 1 is 1.47 bits per heavy atom. The summed E-state index contributed by atoms with van der Waals surface area (Å²) in [6, 6.07) is 1.59. The second-order valence-corrected chi connectivity index (χ2v) is 4.97. The molecule has 0 unspecified atom stereocenters. The van der Waals surface area contributed by atoms with Crippen LogP contribution in [0, 0.1) is 0 Å². The van der Waals surface area contributed by atoms with E-state index in [9.17, 15) is 4.79 Å². The van der Waals surface area contributed by atoms with Gasteiger partial charge in [0.2, 0.25) is 0 Å². The van der Waals surface area contributed by atoms with Crippen LogP contribution in [0.25, 0.3) is 0 Å². The number of hydrogen-bond acceptors (Lipinski definition) is 3. The lowest BCUT2D eigenvalue weighted by molar-refractivity contribution is 0.102. The Hall–Kier alpha value is -1.88. The standard InChI is InChI=1S/C13H15ClN4O/c1-8(2)12-11(7-18(3)17-12)16-13(19)9-6-15-5-4-10(9)14/h4-8H,1-3H3,(H,16,19). The Morgan fingerprint density at radius 3 is 2.84 bits per heavy atom. The summed E-state index contributed by atoms with van der Waals surface area (Å²) in [5.74, 6) is -0.0612. The zero-order valence-electron chi connectivity index (χ0n) is 11.0. The first-order valence-electron chi connectivity index (χ1n) is 5.93. The first-order chi connectivity index (χ1) is 8.99. The van der Waals surface area contributed by atoms with Crippen molar-refractivity contribution in [2.45, 2.75) is 19.8 Å². The van der Waals surface area contributed by atoms with Crippen molar-refractivity contribution in [2.75, 3.05) is 5.32 Å². The van der Waals surface area contributed by atoms with E-state index in [1.165, 1.54) is 6.20 Å². The van der Waals surface area contributed by atoms with Crippen molar-refractivity contribution < 1.29 is 4.79 Å². The van der Waals surface area contributed by atoms with E-state index in [-0.39, 0.29) is 11.8 Å². The zero-order valence-corrected chi connectivity index (χ0v) is 11.8. The lowest BCUT2D eigenvalue weighted by atomic mass is 10.1. The van der Waals surface area contributed by atoms with E-state index in [1.54, 1.807) is 23.1 Å². The van der Waals surface area contributed by atoms with Crippen molar-refractivity contribution in [1.29, 1.82) is 0 Å². The summed E-state index contributed by atoms with van der Waals surface area (Å²) in [7, 11) is 1.82. The summed E-state index contributed by atoms with van der Waals surface area (Å²) in [4.78, 5) is 16.1. The number of aromatic nitrogens is 3. The van der Waals surface area contributed by atoms with Crippen LogP contribution in [0.3, 0.4) is 0 Å². The Morgan fingerprint density at radius 2 is 2.21 bits per heavy atom. The maximum absolute atomic E-state index is 12.1. The highest BCUT2D eigenvalue weighted by Gasteiger charge is 2.16. The van der Waals surface area contributed by atoms with Crippen LogP contribution in [-0.4, -0.2) is 20.7 Å². The number of nitrogens with zero attached hydrogens (tertiary/aromatic N) is 3. The highest BCUT2D eigenvalue weighted by Crippen LogP contribution is 2.23. The molecule has 2 rings (SSSR count). The van der Waals surface area contributed by atoms with Crippen molar-refractivity contribution in [3.63, 3.8) is 0 Å². The molecule has 0 radical (unpaired) electrons. The molecule has 2 aromatic heterocycles. The molecule has 0 atom stereocenters. The lowest BCUT2D eigenvalue weighted by Gasteiger charge is -2.07. The topological polar surface area (TPSA) is 59.8 Å². The molecule has 1 amide bonds. The largest absolute Gasteiger partial charge is 0.319 e. The van der Waals surface area contributed by atoms with Gasteiger partial charge in [-0.15, -0.1) is 0 Å². The molecule has 2 heterocycles. The van der Waals surface area contributed by atoms with Gasteiger partial charge in [-0.3, -0.25) is 14.5 Å². The summed E-state index contributed by atoms with van der Waals surface area (Å²) in [6.07, 6.45) is 4.77. The zero-order chi connectivity index (χ0) is 14.0.